The van der Waals surface area contributed by atoms with Crippen LogP contribution in [-0.2, 0) is 21.3 Å². The lowest BCUT2D eigenvalue weighted by Gasteiger charge is -2.06. The van der Waals surface area contributed by atoms with E-state index >= 15 is 0 Å². The summed E-state index contributed by atoms with van der Waals surface area (Å²) in [5.74, 6) is -0.563. The first kappa shape index (κ1) is 19.0. The number of hydrogen-bond acceptors (Lipinski definition) is 7. The molecule has 3 aromatic rings. The van der Waals surface area contributed by atoms with Gasteiger partial charge >= 0.3 is 5.97 Å². The zero-order chi connectivity index (χ0) is 19.4. The van der Waals surface area contributed by atoms with Crippen molar-refractivity contribution >= 4 is 33.1 Å². The van der Waals surface area contributed by atoms with Gasteiger partial charge in [-0.15, -0.1) is 11.3 Å². The Hall–Kier alpha value is -2.75. The van der Waals surface area contributed by atoms with Gasteiger partial charge in [-0.3, -0.25) is 4.79 Å². The van der Waals surface area contributed by atoms with Gasteiger partial charge in [0.05, 0.1) is 28.7 Å². The predicted octanol–water partition coefficient (Wildman–Crippen LogP) is 2.84. The predicted molar refractivity (Wildman–Crippen MR) is 98.3 cm³/mol. The zero-order valence-electron chi connectivity index (χ0n) is 14.2. The Morgan fingerprint density at radius 1 is 1.11 bits per heavy atom. The molecule has 2 heterocycles. The molecule has 0 aliphatic heterocycles. The highest BCUT2D eigenvalue weighted by Gasteiger charge is 2.17. The highest BCUT2D eigenvalue weighted by Crippen LogP contribution is 2.21. The Morgan fingerprint density at radius 2 is 1.85 bits per heavy atom. The average molecular weight is 405 g/mol. The fourth-order valence-corrected chi connectivity index (χ4v) is 4.25. The third-order valence-electron chi connectivity index (χ3n) is 3.65. The van der Waals surface area contributed by atoms with Crippen molar-refractivity contribution in [3.05, 3.63) is 75.9 Å². The van der Waals surface area contributed by atoms with E-state index in [1.54, 1.807) is 24.3 Å². The molecular formula is C18H15NO6S2. The summed E-state index contributed by atoms with van der Waals surface area (Å²) in [6.07, 6.45) is 1.42. The summed E-state index contributed by atoms with van der Waals surface area (Å²) in [5, 5.41) is 0. The van der Waals surface area contributed by atoms with Crippen molar-refractivity contribution in [3.63, 3.8) is 0 Å². The smallest absolute Gasteiger partial charge is 0.337 e. The minimum atomic E-state index is -3.76. The Bertz CT molecular complexity index is 1050. The summed E-state index contributed by atoms with van der Waals surface area (Å²) in [6.45, 7) is 0.0389. The van der Waals surface area contributed by atoms with Gasteiger partial charge in [-0.25, -0.2) is 17.9 Å². The van der Waals surface area contributed by atoms with Crippen LogP contribution in [0.1, 0.15) is 30.7 Å². The number of thiophene rings is 1. The van der Waals surface area contributed by atoms with Gasteiger partial charge in [-0.05, 0) is 48.5 Å². The van der Waals surface area contributed by atoms with Crippen molar-refractivity contribution < 1.29 is 27.2 Å². The summed E-state index contributed by atoms with van der Waals surface area (Å²) in [5.41, 5.74) is 0.260. The lowest BCUT2D eigenvalue weighted by Crippen LogP contribution is -2.22. The van der Waals surface area contributed by atoms with Gasteiger partial charge in [-0.2, -0.15) is 0 Å². The molecule has 0 fully saturated rings. The first-order valence-electron chi connectivity index (χ1n) is 7.75. The van der Waals surface area contributed by atoms with Crippen LogP contribution in [0.3, 0.4) is 0 Å². The van der Waals surface area contributed by atoms with Crippen LogP contribution in [0.4, 0.5) is 0 Å². The lowest BCUT2D eigenvalue weighted by atomic mass is 10.2. The van der Waals surface area contributed by atoms with E-state index in [2.05, 4.69) is 9.46 Å². The molecule has 0 amide bonds. The lowest BCUT2D eigenvalue weighted by molar-refractivity contribution is 0.0600. The Kier molecular flexibility index (Phi) is 5.54. The largest absolute Gasteiger partial charge is 0.465 e. The van der Waals surface area contributed by atoms with E-state index in [1.807, 2.05) is 0 Å². The van der Waals surface area contributed by atoms with Gasteiger partial charge in [0, 0.05) is 11.4 Å². The molecule has 0 unspecified atom stereocenters. The van der Waals surface area contributed by atoms with Crippen molar-refractivity contribution in [2.24, 2.45) is 0 Å². The van der Waals surface area contributed by atoms with Crippen LogP contribution in [0.2, 0.25) is 0 Å². The second-order valence-corrected chi connectivity index (χ2v) is 8.35. The van der Waals surface area contributed by atoms with Crippen LogP contribution in [0, 0.1) is 0 Å². The molecule has 3 rings (SSSR count). The highest BCUT2D eigenvalue weighted by atomic mass is 32.2. The first-order valence-corrected chi connectivity index (χ1v) is 10.1. The number of ether oxygens (including phenoxy) is 1. The molecule has 9 heteroatoms. The molecule has 27 heavy (non-hydrogen) atoms. The van der Waals surface area contributed by atoms with E-state index in [9.17, 15) is 18.0 Å². The van der Waals surface area contributed by atoms with Gasteiger partial charge in [0.2, 0.25) is 15.8 Å². The van der Waals surface area contributed by atoms with Crippen molar-refractivity contribution in [2.75, 3.05) is 7.11 Å². The minimum Gasteiger partial charge on any atom is -0.465 e. The quantitative estimate of drug-likeness (QED) is 0.479. The Labute approximate surface area is 159 Å². The number of methoxy groups -OCH3 is 1. The van der Waals surface area contributed by atoms with Crippen LogP contribution in [0.25, 0.3) is 0 Å². The number of hydrogen-bond donors (Lipinski definition) is 1. The van der Waals surface area contributed by atoms with Crippen LogP contribution < -0.4 is 4.72 Å². The van der Waals surface area contributed by atoms with E-state index in [4.69, 9.17) is 4.42 Å². The molecule has 0 radical (unpaired) electrons. The number of rotatable bonds is 7. The summed E-state index contributed by atoms with van der Waals surface area (Å²) in [6, 6.07) is 11.9. The van der Waals surface area contributed by atoms with Gasteiger partial charge < -0.3 is 9.15 Å². The SMILES string of the molecule is COC(=O)c1ccc(S(=O)(=O)NCc2ccc(C(=O)c3ccco3)s2)cc1. The third-order valence-corrected chi connectivity index (χ3v) is 6.15. The second-order valence-electron chi connectivity index (χ2n) is 5.41. The molecule has 0 aliphatic rings. The first-order chi connectivity index (χ1) is 12.9. The molecule has 0 bridgehead atoms. The maximum absolute atomic E-state index is 12.4. The van der Waals surface area contributed by atoms with Gasteiger partial charge in [0.15, 0.2) is 5.76 Å². The number of benzene rings is 1. The van der Waals surface area contributed by atoms with Crippen LogP contribution in [0.5, 0.6) is 0 Å². The zero-order valence-corrected chi connectivity index (χ0v) is 15.8. The maximum atomic E-state index is 12.4. The maximum Gasteiger partial charge on any atom is 0.337 e. The van der Waals surface area contributed by atoms with Crippen molar-refractivity contribution in [1.29, 1.82) is 0 Å². The van der Waals surface area contributed by atoms with Crippen LogP contribution in [-0.4, -0.2) is 27.3 Å². The molecule has 1 aromatic carbocycles. The monoisotopic (exact) mass is 405 g/mol. The minimum absolute atomic E-state index is 0.0265. The Balaban J connectivity index is 1.67. The normalized spacial score (nSPS) is 11.3. The van der Waals surface area contributed by atoms with E-state index in [0.717, 1.165) is 0 Å². The standard InChI is InChI=1S/C18H15NO6S2/c1-24-18(21)12-4-7-14(8-5-12)27(22,23)19-11-13-6-9-16(26-13)17(20)15-3-2-10-25-15/h2-10,19H,11H2,1H3. The molecule has 7 nitrogen and oxygen atoms in total. The number of furan rings is 1. The third kappa shape index (κ3) is 4.33. The Morgan fingerprint density at radius 3 is 2.48 bits per heavy atom. The van der Waals surface area contributed by atoms with Gasteiger partial charge in [-0.1, -0.05) is 0 Å². The van der Waals surface area contributed by atoms with Crippen LogP contribution >= 0.6 is 11.3 Å². The molecule has 0 atom stereocenters. The number of ketones is 1. The van der Waals surface area contributed by atoms with E-state index in [0.29, 0.717) is 9.75 Å². The van der Waals surface area contributed by atoms with E-state index in [-0.39, 0.29) is 28.5 Å². The van der Waals surface area contributed by atoms with Crippen molar-refractivity contribution in [1.82, 2.24) is 4.72 Å². The molecule has 0 spiro atoms. The number of carbonyl (C=O) groups excluding carboxylic acids is 2. The second kappa shape index (κ2) is 7.87. The van der Waals surface area contributed by atoms with Crippen LogP contribution in [0.15, 0.2) is 64.1 Å². The number of carbonyl (C=O) groups is 2. The topological polar surface area (TPSA) is 103 Å². The molecule has 0 aliphatic carbocycles. The van der Waals surface area contributed by atoms with Gasteiger partial charge in [0.25, 0.3) is 0 Å². The fourth-order valence-electron chi connectivity index (χ4n) is 2.26. The van der Waals surface area contributed by atoms with Crippen molar-refractivity contribution in [2.45, 2.75) is 11.4 Å². The number of esters is 1. The highest BCUT2D eigenvalue weighted by molar-refractivity contribution is 7.89. The van der Waals surface area contributed by atoms with E-state index in [1.165, 1.54) is 49.0 Å². The summed E-state index contributed by atoms with van der Waals surface area (Å²) in [7, 11) is -2.51. The van der Waals surface area contributed by atoms with Gasteiger partial charge in [0.1, 0.15) is 0 Å². The summed E-state index contributed by atoms with van der Waals surface area (Å²) in [4.78, 5) is 24.8. The molecule has 0 saturated carbocycles. The molecule has 2 aromatic heterocycles. The fraction of sp³-hybridized carbons (Fsp3) is 0.111. The van der Waals surface area contributed by atoms with Crippen molar-refractivity contribution in [3.8, 4) is 0 Å². The average Bonchev–Trinajstić information content (AvgIpc) is 3.37. The molecule has 0 saturated heterocycles. The summed E-state index contributed by atoms with van der Waals surface area (Å²) >= 11 is 1.19. The molecular weight excluding hydrogens is 390 g/mol. The van der Waals surface area contributed by atoms with E-state index < -0.39 is 16.0 Å². The number of nitrogens with one attached hydrogen (secondary N) is 1. The molecule has 1 N–H and O–H groups in total. The number of sulfonamides is 1. The summed E-state index contributed by atoms with van der Waals surface area (Å²) < 4.78 is 36.9. The molecule has 140 valence electrons.